The number of nitrogens with one attached hydrogen (secondary N) is 1. The van der Waals surface area contributed by atoms with E-state index in [1.165, 1.54) is 0 Å². The molecule has 0 amide bonds. The van der Waals surface area contributed by atoms with Gasteiger partial charge in [0.05, 0.1) is 11.3 Å². The predicted octanol–water partition coefficient (Wildman–Crippen LogP) is 1.49. The van der Waals surface area contributed by atoms with Gasteiger partial charge in [0, 0.05) is 20.6 Å². The molecule has 0 aromatic carbocycles. The summed E-state index contributed by atoms with van der Waals surface area (Å²) < 4.78 is 1.80. The fraction of sp³-hybridized carbons (Fsp3) is 0.667. The number of anilines is 1. The summed E-state index contributed by atoms with van der Waals surface area (Å²) in [5.41, 5.74) is 7.19. The van der Waals surface area contributed by atoms with Gasteiger partial charge < -0.3 is 10.6 Å². The minimum absolute atomic E-state index is 0.0852. The van der Waals surface area contributed by atoms with Gasteiger partial charge in [-0.15, -0.1) is 0 Å². The molecule has 0 bridgehead atoms. The third kappa shape index (κ3) is 2.99. The SMILES string of the molecule is Cc1nn(C)c(N(C)CCC(C)C)c1C(=N)N. The molecule has 0 aliphatic carbocycles. The molecule has 1 aromatic heterocycles. The Morgan fingerprint density at radius 3 is 2.59 bits per heavy atom. The topological polar surface area (TPSA) is 70.9 Å². The lowest BCUT2D eigenvalue weighted by atomic mass is 10.1. The molecule has 0 atom stereocenters. The normalized spacial score (nSPS) is 10.9. The second kappa shape index (κ2) is 5.21. The molecular formula is C12H23N5. The molecule has 0 aliphatic rings. The van der Waals surface area contributed by atoms with Crippen molar-refractivity contribution in [3.8, 4) is 0 Å². The molecule has 0 fully saturated rings. The highest BCUT2D eigenvalue weighted by atomic mass is 15.4. The summed E-state index contributed by atoms with van der Waals surface area (Å²) in [6, 6.07) is 0. The summed E-state index contributed by atoms with van der Waals surface area (Å²) in [5, 5.41) is 12.0. The number of aromatic nitrogens is 2. The van der Waals surface area contributed by atoms with Crippen LogP contribution < -0.4 is 10.6 Å². The lowest BCUT2D eigenvalue weighted by Crippen LogP contribution is -2.25. The van der Waals surface area contributed by atoms with E-state index in [0.717, 1.165) is 30.0 Å². The zero-order valence-electron chi connectivity index (χ0n) is 11.4. The maximum Gasteiger partial charge on any atom is 0.137 e. The fourth-order valence-corrected chi connectivity index (χ4v) is 1.96. The smallest absolute Gasteiger partial charge is 0.137 e. The minimum atomic E-state index is 0.0852. The molecule has 3 N–H and O–H groups in total. The first kappa shape index (κ1) is 13.5. The largest absolute Gasteiger partial charge is 0.384 e. The molecule has 0 saturated carbocycles. The quantitative estimate of drug-likeness (QED) is 0.602. The van der Waals surface area contributed by atoms with Crippen LogP contribution in [0, 0.1) is 18.3 Å². The van der Waals surface area contributed by atoms with E-state index in [2.05, 4.69) is 23.8 Å². The standard InChI is InChI=1S/C12H23N5/c1-8(2)6-7-16(4)12-10(11(13)14)9(3)15-17(12)5/h8H,6-7H2,1-5H3,(H3,13,14). The van der Waals surface area contributed by atoms with E-state index in [4.69, 9.17) is 11.1 Å². The van der Waals surface area contributed by atoms with Crippen molar-refractivity contribution in [3.63, 3.8) is 0 Å². The summed E-state index contributed by atoms with van der Waals surface area (Å²) in [6.45, 7) is 7.23. The van der Waals surface area contributed by atoms with E-state index in [1.54, 1.807) is 4.68 Å². The van der Waals surface area contributed by atoms with Gasteiger partial charge in [-0.2, -0.15) is 5.10 Å². The lowest BCUT2D eigenvalue weighted by Gasteiger charge is -2.21. The van der Waals surface area contributed by atoms with Crippen LogP contribution in [0.1, 0.15) is 31.5 Å². The molecule has 1 heterocycles. The Labute approximate surface area is 103 Å². The summed E-state index contributed by atoms with van der Waals surface area (Å²) in [7, 11) is 3.91. The highest BCUT2D eigenvalue weighted by molar-refractivity contribution is 6.00. The zero-order valence-corrected chi connectivity index (χ0v) is 11.4. The molecule has 96 valence electrons. The molecular weight excluding hydrogens is 214 g/mol. The number of aryl methyl sites for hydroxylation is 2. The minimum Gasteiger partial charge on any atom is -0.384 e. The first-order chi connectivity index (χ1) is 7.84. The van der Waals surface area contributed by atoms with Crippen LogP contribution in [0.2, 0.25) is 0 Å². The van der Waals surface area contributed by atoms with Gasteiger partial charge >= 0.3 is 0 Å². The molecule has 0 aliphatic heterocycles. The van der Waals surface area contributed by atoms with Crippen molar-refractivity contribution in [3.05, 3.63) is 11.3 Å². The average molecular weight is 237 g/mol. The molecule has 0 spiro atoms. The lowest BCUT2D eigenvalue weighted by molar-refractivity contribution is 0.578. The van der Waals surface area contributed by atoms with Crippen molar-refractivity contribution in [2.24, 2.45) is 18.7 Å². The Morgan fingerprint density at radius 1 is 1.53 bits per heavy atom. The molecule has 0 radical (unpaired) electrons. The van der Waals surface area contributed by atoms with E-state index in [-0.39, 0.29) is 5.84 Å². The van der Waals surface area contributed by atoms with Crippen LogP contribution in [-0.2, 0) is 7.05 Å². The zero-order chi connectivity index (χ0) is 13.2. The van der Waals surface area contributed by atoms with E-state index in [1.807, 2.05) is 21.0 Å². The van der Waals surface area contributed by atoms with E-state index in [0.29, 0.717) is 5.92 Å². The van der Waals surface area contributed by atoms with Crippen molar-refractivity contribution in [1.29, 1.82) is 5.41 Å². The molecule has 1 rings (SSSR count). The van der Waals surface area contributed by atoms with Crippen LogP contribution in [0.15, 0.2) is 0 Å². The highest BCUT2D eigenvalue weighted by Gasteiger charge is 2.18. The second-order valence-corrected chi connectivity index (χ2v) is 4.93. The average Bonchev–Trinajstić information content (AvgIpc) is 2.49. The summed E-state index contributed by atoms with van der Waals surface area (Å²) in [5.74, 6) is 1.67. The maximum atomic E-state index is 7.64. The van der Waals surface area contributed by atoms with Gasteiger partial charge in [-0.05, 0) is 19.3 Å². The Kier molecular flexibility index (Phi) is 4.15. The molecule has 1 aromatic rings. The molecule has 5 nitrogen and oxygen atoms in total. The van der Waals surface area contributed by atoms with Crippen molar-refractivity contribution >= 4 is 11.7 Å². The van der Waals surface area contributed by atoms with Crippen molar-refractivity contribution in [1.82, 2.24) is 9.78 Å². The van der Waals surface area contributed by atoms with Gasteiger partial charge in [0.1, 0.15) is 11.7 Å². The molecule has 17 heavy (non-hydrogen) atoms. The number of hydrogen-bond acceptors (Lipinski definition) is 3. The Balaban J connectivity index is 2.99. The molecule has 0 unspecified atom stereocenters. The Morgan fingerprint density at radius 2 is 2.12 bits per heavy atom. The van der Waals surface area contributed by atoms with Crippen molar-refractivity contribution in [2.45, 2.75) is 27.2 Å². The van der Waals surface area contributed by atoms with E-state index in [9.17, 15) is 0 Å². The van der Waals surface area contributed by atoms with E-state index < -0.39 is 0 Å². The first-order valence-corrected chi connectivity index (χ1v) is 5.93. The van der Waals surface area contributed by atoms with Crippen LogP contribution in [0.3, 0.4) is 0 Å². The number of hydrogen-bond donors (Lipinski definition) is 2. The van der Waals surface area contributed by atoms with Gasteiger partial charge in [-0.1, -0.05) is 13.8 Å². The van der Waals surface area contributed by atoms with Crippen LogP contribution >= 0.6 is 0 Å². The fourth-order valence-electron chi connectivity index (χ4n) is 1.96. The second-order valence-electron chi connectivity index (χ2n) is 4.93. The van der Waals surface area contributed by atoms with Crippen LogP contribution in [0.4, 0.5) is 5.82 Å². The summed E-state index contributed by atoms with van der Waals surface area (Å²) >= 11 is 0. The predicted molar refractivity (Wildman–Crippen MR) is 71.7 cm³/mol. The van der Waals surface area contributed by atoms with Gasteiger partial charge in [0.25, 0.3) is 0 Å². The van der Waals surface area contributed by atoms with Crippen LogP contribution in [-0.4, -0.2) is 29.2 Å². The third-order valence-corrected chi connectivity index (χ3v) is 2.86. The third-order valence-electron chi connectivity index (χ3n) is 2.86. The first-order valence-electron chi connectivity index (χ1n) is 5.93. The number of nitrogen functional groups attached to an aromatic ring is 1. The number of nitrogens with two attached hydrogens (primary N) is 1. The van der Waals surface area contributed by atoms with Gasteiger partial charge in [0.15, 0.2) is 0 Å². The maximum absolute atomic E-state index is 7.64. The van der Waals surface area contributed by atoms with Crippen LogP contribution in [0.25, 0.3) is 0 Å². The summed E-state index contributed by atoms with van der Waals surface area (Å²) in [4.78, 5) is 2.12. The Bertz CT molecular complexity index is 405. The van der Waals surface area contributed by atoms with Crippen LogP contribution in [0.5, 0.6) is 0 Å². The molecule has 5 heteroatoms. The number of amidine groups is 1. The van der Waals surface area contributed by atoms with Crippen molar-refractivity contribution < 1.29 is 0 Å². The van der Waals surface area contributed by atoms with E-state index >= 15 is 0 Å². The van der Waals surface area contributed by atoms with Crippen molar-refractivity contribution in [2.75, 3.05) is 18.5 Å². The molecule has 0 saturated heterocycles. The van der Waals surface area contributed by atoms with Gasteiger partial charge in [-0.25, -0.2) is 0 Å². The highest BCUT2D eigenvalue weighted by Crippen LogP contribution is 2.22. The Hall–Kier alpha value is -1.52. The summed E-state index contributed by atoms with van der Waals surface area (Å²) in [6.07, 6.45) is 1.11. The monoisotopic (exact) mass is 237 g/mol. The number of nitrogens with zero attached hydrogens (tertiary/aromatic N) is 3. The van der Waals surface area contributed by atoms with Gasteiger partial charge in [-0.3, -0.25) is 10.1 Å². The van der Waals surface area contributed by atoms with Gasteiger partial charge in [0.2, 0.25) is 0 Å². The number of rotatable bonds is 5.